The monoisotopic (exact) mass is 615 g/mol. The third-order valence-electron chi connectivity index (χ3n) is 7.35. The van der Waals surface area contributed by atoms with Gasteiger partial charge in [-0.3, -0.25) is 9.52 Å². The lowest BCUT2D eigenvalue weighted by atomic mass is 9.99. The Morgan fingerprint density at radius 1 is 1.23 bits per heavy atom. The number of aryl methyl sites for hydroxylation is 2. The molecule has 1 aliphatic rings. The lowest BCUT2D eigenvalue weighted by Gasteiger charge is -2.38. The summed E-state index contributed by atoms with van der Waals surface area (Å²) in [6.45, 7) is 7.17. The van der Waals surface area contributed by atoms with Crippen molar-refractivity contribution in [2.45, 2.75) is 44.7 Å². The molecule has 1 aliphatic heterocycles. The number of carbonyl (C=O) groups excluding carboxylic acids is 2. The second kappa shape index (κ2) is 12.9. The third-order valence-corrected chi connectivity index (χ3v) is 8.75. The molecule has 0 radical (unpaired) electrons. The predicted molar refractivity (Wildman–Crippen MR) is 159 cm³/mol. The number of aliphatic hydroxyl groups is 1. The number of ether oxygens (including phenoxy) is 2. The molecule has 2 heterocycles. The molecule has 3 aromatic rings. The molecule has 3 N–H and O–H groups in total. The Labute approximate surface area is 250 Å². The van der Waals surface area contributed by atoms with Crippen LogP contribution in [0.1, 0.15) is 35.7 Å². The Kier molecular flexibility index (Phi) is 9.50. The van der Waals surface area contributed by atoms with Gasteiger partial charge in [0.15, 0.2) is 5.76 Å². The fourth-order valence-corrected chi connectivity index (χ4v) is 5.74. The van der Waals surface area contributed by atoms with Crippen LogP contribution in [0.25, 0.3) is 0 Å². The van der Waals surface area contributed by atoms with E-state index in [2.05, 4.69) is 15.2 Å². The van der Waals surface area contributed by atoms with E-state index in [1.165, 1.54) is 59.4 Å². The summed E-state index contributed by atoms with van der Waals surface area (Å²) in [5.74, 6) is 0.556. The number of sulfonamides is 1. The Balaban J connectivity index is 1.62. The minimum absolute atomic E-state index is 0.0185. The number of urea groups is 1. The molecule has 0 fully saturated rings. The average molecular weight is 616 g/mol. The summed E-state index contributed by atoms with van der Waals surface area (Å²) in [6, 6.07) is 9.42. The molecule has 3 atom stereocenters. The van der Waals surface area contributed by atoms with Crippen LogP contribution in [-0.2, 0) is 10.0 Å². The number of aliphatic hydroxyl groups excluding tert-OH is 1. The Morgan fingerprint density at radius 2 is 1.93 bits per heavy atom. The number of hydrogen-bond acceptors (Lipinski definition) is 9. The number of likely N-dealkylation sites (N-methyl/N-ethyl adjacent to an activating group) is 1. The number of carbonyl (C=O) groups is 2. The minimum Gasteiger partial charge on any atom is -0.497 e. The summed E-state index contributed by atoms with van der Waals surface area (Å²) in [5, 5.41) is 16.6. The molecule has 14 heteroatoms. The summed E-state index contributed by atoms with van der Waals surface area (Å²) in [7, 11) is -0.870. The molecule has 0 spiro atoms. The quantitative estimate of drug-likeness (QED) is 0.327. The van der Waals surface area contributed by atoms with Crippen molar-refractivity contribution in [1.82, 2.24) is 15.0 Å². The van der Waals surface area contributed by atoms with Gasteiger partial charge in [0.2, 0.25) is 0 Å². The highest BCUT2D eigenvalue weighted by atomic mass is 32.2. The van der Waals surface area contributed by atoms with Crippen LogP contribution < -0.4 is 19.5 Å². The number of fused-ring (bicyclic) bond motifs is 1. The first-order valence-corrected chi connectivity index (χ1v) is 15.2. The van der Waals surface area contributed by atoms with Crippen molar-refractivity contribution in [1.29, 1.82) is 0 Å². The van der Waals surface area contributed by atoms with Gasteiger partial charge in [-0.05, 0) is 63.2 Å². The maximum Gasteiger partial charge on any atom is 0.321 e. The van der Waals surface area contributed by atoms with Gasteiger partial charge in [-0.2, -0.15) is 0 Å². The van der Waals surface area contributed by atoms with E-state index >= 15 is 0 Å². The summed E-state index contributed by atoms with van der Waals surface area (Å²) >= 11 is 0. The summed E-state index contributed by atoms with van der Waals surface area (Å²) in [4.78, 5) is 29.8. The molecule has 0 bridgehead atoms. The van der Waals surface area contributed by atoms with Gasteiger partial charge >= 0.3 is 6.03 Å². The number of amides is 3. The molecule has 0 unspecified atom stereocenters. The molecule has 1 aromatic heterocycles. The highest BCUT2D eigenvalue weighted by Crippen LogP contribution is 2.32. The predicted octanol–water partition coefficient (Wildman–Crippen LogP) is 3.48. The van der Waals surface area contributed by atoms with Crippen molar-refractivity contribution < 1.29 is 37.1 Å². The van der Waals surface area contributed by atoms with E-state index in [0.29, 0.717) is 22.9 Å². The van der Waals surface area contributed by atoms with Gasteiger partial charge in [0.25, 0.3) is 15.9 Å². The summed E-state index contributed by atoms with van der Waals surface area (Å²) < 4.78 is 45.2. The molecule has 0 saturated carbocycles. The van der Waals surface area contributed by atoms with Crippen molar-refractivity contribution in [3.05, 3.63) is 59.5 Å². The van der Waals surface area contributed by atoms with Crippen molar-refractivity contribution in [3.63, 3.8) is 0 Å². The van der Waals surface area contributed by atoms with Crippen LogP contribution in [0, 0.1) is 19.8 Å². The fourth-order valence-electron chi connectivity index (χ4n) is 4.69. The summed E-state index contributed by atoms with van der Waals surface area (Å²) in [5.41, 5.74) is 1.32. The van der Waals surface area contributed by atoms with Crippen molar-refractivity contribution in [3.8, 4) is 11.5 Å². The molecule has 43 heavy (non-hydrogen) atoms. The van der Waals surface area contributed by atoms with Gasteiger partial charge < -0.3 is 34.2 Å². The number of nitrogens with zero attached hydrogens (tertiary/aromatic N) is 3. The van der Waals surface area contributed by atoms with Crippen LogP contribution in [0.4, 0.5) is 16.2 Å². The first-order chi connectivity index (χ1) is 20.3. The topological polar surface area (TPSA) is 164 Å². The van der Waals surface area contributed by atoms with Crippen LogP contribution in [-0.4, -0.2) is 86.4 Å². The zero-order valence-electron chi connectivity index (χ0n) is 24.9. The van der Waals surface area contributed by atoms with E-state index in [4.69, 9.17) is 14.0 Å². The van der Waals surface area contributed by atoms with Gasteiger partial charge in [0.1, 0.15) is 29.0 Å². The Hall–Kier alpha value is -4.30. The van der Waals surface area contributed by atoms with Crippen LogP contribution in [0.15, 0.2) is 51.9 Å². The number of aromatic nitrogens is 1. The molecule has 3 amide bonds. The van der Waals surface area contributed by atoms with Crippen molar-refractivity contribution in [2.24, 2.45) is 5.92 Å². The Morgan fingerprint density at radius 3 is 2.53 bits per heavy atom. The van der Waals surface area contributed by atoms with E-state index in [9.17, 15) is 23.1 Å². The second-order valence-electron chi connectivity index (χ2n) is 10.6. The van der Waals surface area contributed by atoms with E-state index < -0.39 is 34.1 Å². The number of methoxy groups -OCH3 is 1. The van der Waals surface area contributed by atoms with Crippen LogP contribution in [0.5, 0.6) is 11.5 Å². The molecular formula is C29H37N5O8S. The molecule has 232 valence electrons. The highest BCUT2D eigenvalue weighted by molar-refractivity contribution is 7.92. The van der Waals surface area contributed by atoms with Gasteiger partial charge in [-0.15, -0.1) is 0 Å². The van der Waals surface area contributed by atoms with Crippen molar-refractivity contribution >= 4 is 33.3 Å². The largest absolute Gasteiger partial charge is 0.497 e. The SMILES string of the molecule is COc1ccc(S(=O)(=O)Nc2ccc3c(c2)C(=O)N([C@@H](C)CO)C[C@H](C)[C@@H](CN(C)C(=O)Nc2c(C)noc2C)O3)cc1. The van der Waals surface area contributed by atoms with E-state index in [-0.39, 0.29) is 47.5 Å². The van der Waals surface area contributed by atoms with Gasteiger partial charge in [-0.25, -0.2) is 13.2 Å². The van der Waals surface area contributed by atoms with E-state index in [1.54, 1.807) is 27.8 Å². The first-order valence-electron chi connectivity index (χ1n) is 13.7. The number of benzene rings is 2. The maximum absolute atomic E-state index is 13.7. The third kappa shape index (κ3) is 7.03. The smallest absolute Gasteiger partial charge is 0.321 e. The molecule has 13 nitrogen and oxygen atoms in total. The van der Waals surface area contributed by atoms with Gasteiger partial charge in [0, 0.05) is 25.2 Å². The molecular weight excluding hydrogens is 578 g/mol. The number of hydrogen-bond donors (Lipinski definition) is 3. The van der Waals surface area contributed by atoms with Crippen LogP contribution >= 0.6 is 0 Å². The van der Waals surface area contributed by atoms with Crippen LogP contribution in [0.2, 0.25) is 0 Å². The minimum atomic E-state index is -3.98. The number of rotatable bonds is 9. The summed E-state index contributed by atoms with van der Waals surface area (Å²) in [6.07, 6.45) is -0.553. The van der Waals surface area contributed by atoms with Gasteiger partial charge in [-0.1, -0.05) is 12.1 Å². The zero-order valence-corrected chi connectivity index (χ0v) is 25.8. The maximum atomic E-state index is 13.7. The Bertz CT molecular complexity index is 1550. The lowest BCUT2D eigenvalue weighted by Crippen LogP contribution is -2.50. The fraction of sp³-hybridized carbons (Fsp3) is 0.414. The average Bonchev–Trinajstić information content (AvgIpc) is 3.30. The molecule has 0 aliphatic carbocycles. The lowest BCUT2D eigenvalue weighted by molar-refractivity contribution is 0.0371. The standard InChI is InChI=1S/C29H37N5O8S/c1-17-14-34(18(2)16-35)28(36)24-13-21(32-43(38,39)23-10-8-22(40-6)9-11-23)7-12-25(24)41-26(17)15-33(5)29(37)30-27-19(3)31-42-20(27)4/h7-13,17-18,26,32,35H,14-16H2,1-6H3,(H,30,37)/t17-,18-,26+/m0/s1. The molecule has 2 aromatic carbocycles. The normalized spacial score (nSPS) is 17.7. The zero-order chi connectivity index (χ0) is 31.5. The van der Waals surface area contributed by atoms with Gasteiger partial charge in [0.05, 0.1) is 36.8 Å². The molecule has 4 rings (SSSR count). The molecule has 0 saturated heterocycles. The second-order valence-corrected chi connectivity index (χ2v) is 12.3. The first kappa shape index (κ1) is 31.6. The highest BCUT2D eigenvalue weighted by Gasteiger charge is 2.34. The number of nitrogens with one attached hydrogen (secondary N) is 2. The number of anilines is 2. The van der Waals surface area contributed by atoms with E-state index in [1.807, 2.05) is 6.92 Å². The van der Waals surface area contributed by atoms with E-state index in [0.717, 1.165) is 0 Å². The van der Waals surface area contributed by atoms with Crippen LogP contribution in [0.3, 0.4) is 0 Å². The van der Waals surface area contributed by atoms with Crippen molar-refractivity contribution in [2.75, 3.05) is 43.9 Å².